The molecule has 1 aromatic heterocycles. The molecule has 4 heteroatoms. The molecular weight excluding hydrogens is 587 g/mol. The number of anilines is 1. The number of halogens is 2. The molecule has 0 amide bonds. The fraction of sp³-hybridized carbons (Fsp3) is 0.0606. The highest BCUT2D eigenvalue weighted by Gasteiger charge is 2.23. The molecule has 4 aromatic carbocycles. The maximum absolute atomic E-state index is 6.75. The van der Waals surface area contributed by atoms with Gasteiger partial charge in [-0.15, -0.1) is 0 Å². The molecular formula is C33H26ClIN2. The Kier molecular flexibility index (Phi) is 7.18. The second kappa shape index (κ2) is 10.5. The van der Waals surface area contributed by atoms with Gasteiger partial charge in [0.25, 0.3) is 0 Å². The number of para-hydroxylation sites is 2. The van der Waals surface area contributed by atoms with Gasteiger partial charge in [-0.2, -0.15) is 4.57 Å². The average molecular weight is 613 g/mol. The number of aromatic nitrogens is 1. The lowest BCUT2D eigenvalue weighted by atomic mass is 9.91. The van der Waals surface area contributed by atoms with E-state index in [0.717, 1.165) is 11.4 Å². The molecule has 0 aliphatic carbocycles. The van der Waals surface area contributed by atoms with Gasteiger partial charge in [0.05, 0.1) is 10.8 Å². The van der Waals surface area contributed by atoms with Crippen molar-refractivity contribution < 1.29 is 28.5 Å². The van der Waals surface area contributed by atoms with Crippen LogP contribution in [-0.4, -0.2) is 7.05 Å². The molecule has 0 saturated carbocycles. The first kappa shape index (κ1) is 25.2. The van der Waals surface area contributed by atoms with E-state index in [1.54, 1.807) is 0 Å². The van der Waals surface area contributed by atoms with Crippen molar-refractivity contribution in [3.05, 3.63) is 132 Å². The lowest BCUT2D eigenvalue weighted by Crippen LogP contribution is -3.00. The summed E-state index contributed by atoms with van der Waals surface area (Å²) in [4.78, 5) is 2.24. The van der Waals surface area contributed by atoms with Gasteiger partial charge in [0, 0.05) is 52.1 Å². The van der Waals surface area contributed by atoms with Crippen molar-refractivity contribution >= 4 is 50.7 Å². The zero-order valence-electron chi connectivity index (χ0n) is 20.7. The first-order valence-electron chi connectivity index (χ1n) is 12.1. The molecule has 182 valence electrons. The molecule has 0 saturated heterocycles. The van der Waals surface area contributed by atoms with Crippen LogP contribution >= 0.6 is 11.6 Å². The van der Waals surface area contributed by atoms with Gasteiger partial charge >= 0.3 is 0 Å². The summed E-state index contributed by atoms with van der Waals surface area (Å²) in [6.45, 7) is 0. The Morgan fingerprint density at radius 3 is 2.11 bits per heavy atom. The number of hydrogen-bond donors (Lipinski definition) is 0. The minimum Gasteiger partial charge on any atom is -1.00 e. The van der Waals surface area contributed by atoms with E-state index in [2.05, 4.69) is 133 Å². The third-order valence-corrected chi connectivity index (χ3v) is 7.29. The van der Waals surface area contributed by atoms with Gasteiger partial charge in [0.2, 0.25) is 11.2 Å². The van der Waals surface area contributed by atoms with Gasteiger partial charge < -0.3 is 28.9 Å². The van der Waals surface area contributed by atoms with E-state index < -0.39 is 0 Å². The number of aryl methyl sites for hydroxylation is 1. The Hall–Kier alpha value is -3.41. The van der Waals surface area contributed by atoms with E-state index in [9.17, 15) is 0 Å². The van der Waals surface area contributed by atoms with Crippen LogP contribution in [0.1, 0.15) is 11.3 Å². The van der Waals surface area contributed by atoms with E-state index in [-0.39, 0.29) is 24.0 Å². The van der Waals surface area contributed by atoms with E-state index in [4.69, 9.17) is 11.6 Å². The van der Waals surface area contributed by atoms with Crippen LogP contribution in [-0.2, 0) is 7.05 Å². The van der Waals surface area contributed by atoms with E-state index >= 15 is 0 Å². The molecule has 0 N–H and O–H groups in total. The summed E-state index contributed by atoms with van der Waals surface area (Å²) in [7, 11) is 4.22. The van der Waals surface area contributed by atoms with Crippen LogP contribution in [0.2, 0.25) is 0 Å². The lowest BCUT2D eigenvalue weighted by molar-refractivity contribution is -0.645. The highest BCUT2D eigenvalue weighted by atomic mass is 127. The lowest BCUT2D eigenvalue weighted by Gasteiger charge is -2.32. The van der Waals surface area contributed by atoms with Crippen LogP contribution in [0, 0.1) is 0 Å². The molecule has 1 aliphatic heterocycles. The van der Waals surface area contributed by atoms with Crippen molar-refractivity contribution in [2.45, 2.75) is 0 Å². The normalized spacial score (nSPS) is 14.2. The molecule has 0 unspecified atom stereocenters. The first-order chi connectivity index (χ1) is 17.6. The number of hydrogen-bond acceptors (Lipinski definition) is 1. The molecule has 37 heavy (non-hydrogen) atoms. The van der Waals surface area contributed by atoms with Gasteiger partial charge in [0.15, 0.2) is 0 Å². The fourth-order valence-electron chi connectivity index (χ4n) is 5.27. The molecule has 2 heterocycles. The van der Waals surface area contributed by atoms with Crippen molar-refractivity contribution in [3.63, 3.8) is 0 Å². The van der Waals surface area contributed by atoms with E-state index in [1.165, 1.54) is 44.1 Å². The maximum atomic E-state index is 6.75. The number of allylic oxidation sites excluding steroid dienone is 4. The number of rotatable bonds is 3. The quantitative estimate of drug-likeness (QED) is 0.119. The van der Waals surface area contributed by atoms with E-state index in [1.807, 2.05) is 12.2 Å². The van der Waals surface area contributed by atoms with Gasteiger partial charge in [-0.25, -0.2) is 0 Å². The van der Waals surface area contributed by atoms with Crippen LogP contribution in [0.25, 0.3) is 44.6 Å². The van der Waals surface area contributed by atoms with Crippen LogP contribution in [0.5, 0.6) is 0 Å². The minimum atomic E-state index is 0. The third kappa shape index (κ3) is 4.47. The zero-order valence-corrected chi connectivity index (χ0v) is 23.6. The summed E-state index contributed by atoms with van der Waals surface area (Å²) in [6.07, 6.45) is 8.19. The van der Waals surface area contributed by atoms with Crippen LogP contribution < -0.4 is 33.4 Å². The monoisotopic (exact) mass is 612 g/mol. The minimum absolute atomic E-state index is 0. The molecule has 5 aromatic rings. The molecule has 0 bridgehead atoms. The van der Waals surface area contributed by atoms with E-state index in [0.29, 0.717) is 5.03 Å². The van der Waals surface area contributed by atoms with Crippen LogP contribution in [0.15, 0.2) is 120 Å². The van der Waals surface area contributed by atoms with Crippen molar-refractivity contribution in [1.29, 1.82) is 0 Å². The number of pyridine rings is 1. The topological polar surface area (TPSA) is 7.12 Å². The molecule has 0 atom stereocenters. The fourth-order valence-corrected chi connectivity index (χ4v) is 5.39. The van der Waals surface area contributed by atoms with Crippen molar-refractivity contribution in [1.82, 2.24) is 0 Å². The Bertz CT molecular complexity index is 1730. The highest BCUT2D eigenvalue weighted by Crippen LogP contribution is 2.43. The Labute approximate surface area is 239 Å². The first-order valence-corrected chi connectivity index (χ1v) is 12.5. The molecule has 0 spiro atoms. The largest absolute Gasteiger partial charge is 1.00 e. The van der Waals surface area contributed by atoms with Crippen LogP contribution in [0.4, 0.5) is 5.69 Å². The zero-order chi connectivity index (χ0) is 24.6. The standard InChI is InChI=1S/C33H26ClN2.HI/c1-35-30-17-9-7-15-26(30)24-11-3-5-13-28(24)32(35)21-19-23(34)20-22-33-29-14-6-4-12-25(29)27-16-8-10-18-31(27)36(33)2;/h3-22H,1-2H3;1H/q+1;/p-1. The molecule has 1 aliphatic rings. The Balaban J connectivity index is 0.00000280. The highest BCUT2D eigenvalue weighted by molar-refractivity contribution is 6.31. The van der Waals surface area contributed by atoms with Gasteiger partial charge in [-0.05, 0) is 42.0 Å². The SMILES string of the molecule is CN1C(=CC=C(Cl)C=Cc2c3ccccc3c3ccccc3[n+]2C)c2ccccc2-c2ccccc21.[I-]. The third-order valence-electron chi connectivity index (χ3n) is 7.04. The summed E-state index contributed by atoms with van der Waals surface area (Å²) >= 11 is 6.75. The smallest absolute Gasteiger partial charge is 0.213 e. The van der Waals surface area contributed by atoms with Crippen molar-refractivity contribution in [3.8, 4) is 11.1 Å². The molecule has 0 radical (unpaired) electrons. The summed E-state index contributed by atoms with van der Waals surface area (Å²) in [6, 6.07) is 34.1. The maximum Gasteiger partial charge on any atom is 0.213 e. The molecule has 6 rings (SSSR count). The van der Waals surface area contributed by atoms with Crippen LogP contribution in [0.3, 0.4) is 0 Å². The number of nitrogens with zero attached hydrogens (tertiary/aromatic N) is 2. The van der Waals surface area contributed by atoms with Crippen molar-refractivity contribution in [2.24, 2.45) is 7.05 Å². The summed E-state index contributed by atoms with van der Waals surface area (Å²) in [5, 5.41) is 4.37. The second-order valence-corrected chi connectivity index (χ2v) is 9.50. The van der Waals surface area contributed by atoms with Gasteiger partial charge in [-0.1, -0.05) is 84.4 Å². The molecule has 0 fully saturated rings. The summed E-state index contributed by atoms with van der Waals surface area (Å²) in [5.74, 6) is 0. The Morgan fingerprint density at radius 1 is 0.730 bits per heavy atom. The van der Waals surface area contributed by atoms with Gasteiger partial charge in [0.1, 0.15) is 7.05 Å². The number of fused-ring (bicyclic) bond motifs is 6. The second-order valence-electron chi connectivity index (χ2n) is 9.07. The number of benzene rings is 4. The molecule has 2 nitrogen and oxygen atoms in total. The Morgan fingerprint density at radius 2 is 1.32 bits per heavy atom. The average Bonchev–Trinajstić information content (AvgIpc) is 2.93. The van der Waals surface area contributed by atoms with Gasteiger partial charge in [-0.3, -0.25) is 0 Å². The predicted molar refractivity (Wildman–Crippen MR) is 154 cm³/mol. The predicted octanol–water partition coefficient (Wildman–Crippen LogP) is 5.12. The van der Waals surface area contributed by atoms with Crippen molar-refractivity contribution in [2.75, 3.05) is 11.9 Å². The summed E-state index contributed by atoms with van der Waals surface area (Å²) in [5.41, 5.74) is 8.32. The summed E-state index contributed by atoms with van der Waals surface area (Å²) < 4.78 is 2.24.